The van der Waals surface area contributed by atoms with Gasteiger partial charge in [0.25, 0.3) is 5.56 Å². The minimum absolute atomic E-state index is 0.246. The average Bonchev–Trinajstić information content (AvgIpc) is 2.49. The number of aromatic nitrogens is 2. The van der Waals surface area contributed by atoms with E-state index < -0.39 is 0 Å². The van der Waals surface area contributed by atoms with Gasteiger partial charge < -0.3 is 4.74 Å². The number of benzene rings is 1. The van der Waals surface area contributed by atoms with Gasteiger partial charge in [0.05, 0.1) is 18.5 Å². The van der Waals surface area contributed by atoms with Crippen molar-refractivity contribution in [2.24, 2.45) is 10.2 Å². The summed E-state index contributed by atoms with van der Waals surface area (Å²) in [6, 6.07) is 6.82. The van der Waals surface area contributed by atoms with Gasteiger partial charge in [-0.25, -0.2) is 5.10 Å². The van der Waals surface area contributed by atoms with Crippen molar-refractivity contribution >= 4 is 19.1 Å². The molecule has 7 heteroatoms. The molecule has 1 aromatic heterocycles. The SMILES string of the molecule is C=NN(N=C)c1ccc(-c2n[nH]c(=O)cc2C)c(OC)c1. The van der Waals surface area contributed by atoms with Crippen LogP contribution < -0.4 is 15.4 Å². The summed E-state index contributed by atoms with van der Waals surface area (Å²) in [6.07, 6.45) is 0. The summed E-state index contributed by atoms with van der Waals surface area (Å²) in [6.45, 7) is 8.65. The van der Waals surface area contributed by atoms with E-state index in [-0.39, 0.29) is 5.56 Å². The van der Waals surface area contributed by atoms with Crippen molar-refractivity contribution in [2.45, 2.75) is 6.92 Å². The molecule has 0 aliphatic heterocycles. The van der Waals surface area contributed by atoms with Gasteiger partial charge in [-0.15, -0.1) is 0 Å². The molecule has 1 heterocycles. The number of hydrazone groups is 2. The van der Waals surface area contributed by atoms with Crippen LogP contribution in [0.5, 0.6) is 5.75 Å². The fraction of sp³-hybridized carbons (Fsp3) is 0.143. The first-order chi connectivity index (χ1) is 10.1. The van der Waals surface area contributed by atoms with E-state index >= 15 is 0 Å². The second-order valence-corrected chi connectivity index (χ2v) is 4.22. The summed E-state index contributed by atoms with van der Waals surface area (Å²) < 4.78 is 5.38. The van der Waals surface area contributed by atoms with Gasteiger partial charge >= 0.3 is 0 Å². The molecular formula is C14H15N5O2. The molecule has 0 radical (unpaired) electrons. The molecule has 0 amide bonds. The molecule has 0 spiro atoms. The average molecular weight is 285 g/mol. The lowest BCUT2D eigenvalue weighted by atomic mass is 10.1. The Kier molecular flexibility index (Phi) is 4.13. The quantitative estimate of drug-likeness (QED) is 0.670. The Labute approximate surface area is 121 Å². The molecule has 0 aliphatic rings. The van der Waals surface area contributed by atoms with Gasteiger partial charge in [0.2, 0.25) is 0 Å². The van der Waals surface area contributed by atoms with E-state index in [1.165, 1.54) is 11.2 Å². The number of nitrogens with one attached hydrogen (secondary N) is 1. The molecular weight excluding hydrogens is 270 g/mol. The van der Waals surface area contributed by atoms with Crippen LogP contribution >= 0.6 is 0 Å². The molecule has 2 aromatic rings. The zero-order valence-electron chi connectivity index (χ0n) is 11.8. The van der Waals surface area contributed by atoms with Crippen LogP contribution in [0.2, 0.25) is 0 Å². The highest BCUT2D eigenvalue weighted by Gasteiger charge is 2.13. The van der Waals surface area contributed by atoms with Crippen LogP contribution in [0.3, 0.4) is 0 Å². The summed E-state index contributed by atoms with van der Waals surface area (Å²) in [5.74, 6) is 0.576. The van der Waals surface area contributed by atoms with Crippen LogP contribution in [0.1, 0.15) is 5.56 Å². The number of hydrogen-bond acceptors (Lipinski definition) is 6. The van der Waals surface area contributed by atoms with E-state index in [4.69, 9.17) is 4.74 Å². The topological polar surface area (TPSA) is 82.9 Å². The third-order valence-electron chi connectivity index (χ3n) is 2.94. The second kappa shape index (κ2) is 6.00. The highest BCUT2D eigenvalue weighted by Crippen LogP contribution is 2.33. The van der Waals surface area contributed by atoms with Gasteiger partial charge in [-0.3, -0.25) is 4.79 Å². The maximum Gasteiger partial charge on any atom is 0.264 e. The Hall–Kier alpha value is -2.96. The maximum absolute atomic E-state index is 11.3. The minimum Gasteiger partial charge on any atom is -0.496 e. The van der Waals surface area contributed by atoms with Gasteiger partial charge in [0, 0.05) is 31.1 Å². The van der Waals surface area contributed by atoms with E-state index in [0.29, 0.717) is 17.1 Å². The largest absolute Gasteiger partial charge is 0.496 e. The number of hydrogen-bond donors (Lipinski definition) is 1. The van der Waals surface area contributed by atoms with Crippen LogP contribution in [0.25, 0.3) is 11.3 Å². The van der Waals surface area contributed by atoms with E-state index in [1.807, 2.05) is 13.0 Å². The van der Waals surface area contributed by atoms with Crippen LogP contribution in [-0.4, -0.2) is 30.7 Å². The van der Waals surface area contributed by atoms with Crippen LogP contribution in [0.4, 0.5) is 5.69 Å². The summed E-state index contributed by atoms with van der Waals surface area (Å²) in [4.78, 5) is 11.3. The Morgan fingerprint density at radius 2 is 2.00 bits per heavy atom. The van der Waals surface area contributed by atoms with Gasteiger partial charge in [-0.05, 0) is 24.6 Å². The Balaban J connectivity index is 2.57. The smallest absolute Gasteiger partial charge is 0.264 e. The molecule has 7 nitrogen and oxygen atoms in total. The van der Waals surface area contributed by atoms with Crippen molar-refractivity contribution in [2.75, 3.05) is 12.2 Å². The summed E-state index contributed by atoms with van der Waals surface area (Å²) in [5, 5.41) is 15.2. The maximum atomic E-state index is 11.3. The summed E-state index contributed by atoms with van der Waals surface area (Å²) >= 11 is 0. The molecule has 0 saturated heterocycles. The van der Waals surface area contributed by atoms with E-state index in [1.54, 1.807) is 19.2 Å². The molecule has 0 unspecified atom stereocenters. The van der Waals surface area contributed by atoms with Gasteiger partial charge in [0.15, 0.2) is 0 Å². The first-order valence-corrected chi connectivity index (χ1v) is 6.09. The Bertz CT molecular complexity index is 730. The van der Waals surface area contributed by atoms with Crippen molar-refractivity contribution < 1.29 is 4.74 Å². The zero-order chi connectivity index (χ0) is 15.4. The van der Waals surface area contributed by atoms with Crippen LogP contribution in [0.15, 0.2) is 39.3 Å². The molecule has 0 aliphatic carbocycles. The molecule has 0 bridgehead atoms. The number of nitrogens with zero attached hydrogens (tertiary/aromatic N) is 4. The van der Waals surface area contributed by atoms with Gasteiger partial charge in [-0.1, -0.05) is 0 Å². The fourth-order valence-electron chi connectivity index (χ4n) is 1.98. The number of aryl methyl sites for hydroxylation is 1. The van der Waals surface area contributed by atoms with Crippen LogP contribution in [-0.2, 0) is 0 Å². The molecule has 2 rings (SSSR count). The predicted octanol–water partition coefficient (Wildman–Crippen LogP) is 1.79. The number of aromatic amines is 1. The molecule has 21 heavy (non-hydrogen) atoms. The standard InChI is InChI=1S/C14H15N5O2/c1-9-7-13(20)17-18-14(9)11-6-5-10(8-12(11)21-4)19(15-2)16-3/h5-8H,2-3H2,1,4H3,(H,17,20). The summed E-state index contributed by atoms with van der Waals surface area (Å²) in [7, 11) is 1.55. The molecule has 0 atom stereocenters. The molecule has 0 fully saturated rings. The van der Waals surface area contributed by atoms with Crippen molar-refractivity contribution in [3.05, 3.63) is 40.2 Å². The van der Waals surface area contributed by atoms with Gasteiger partial charge in [0.1, 0.15) is 5.75 Å². The van der Waals surface area contributed by atoms with Crippen molar-refractivity contribution in [1.82, 2.24) is 10.2 Å². The highest BCUT2D eigenvalue weighted by molar-refractivity contribution is 5.73. The molecule has 1 N–H and O–H groups in total. The van der Waals surface area contributed by atoms with Gasteiger partial charge in [-0.2, -0.15) is 20.4 Å². The lowest BCUT2D eigenvalue weighted by Crippen LogP contribution is -2.09. The van der Waals surface area contributed by atoms with Crippen molar-refractivity contribution in [3.63, 3.8) is 0 Å². The zero-order valence-corrected chi connectivity index (χ0v) is 11.8. The molecule has 1 aromatic carbocycles. The number of ether oxygens (including phenoxy) is 1. The number of H-pyrrole nitrogens is 1. The summed E-state index contributed by atoms with van der Waals surface area (Å²) in [5.41, 5.74) is 2.56. The number of anilines is 1. The third kappa shape index (κ3) is 2.81. The Morgan fingerprint density at radius 3 is 2.57 bits per heavy atom. The normalized spacial score (nSPS) is 10.0. The Morgan fingerprint density at radius 1 is 1.29 bits per heavy atom. The lowest BCUT2D eigenvalue weighted by Gasteiger charge is -2.15. The van der Waals surface area contributed by atoms with Crippen molar-refractivity contribution in [1.29, 1.82) is 0 Å². The van der Waals surface area contributed by atoms with E-state index in [9.17, 15) is 4.79 Å². The number of rotatable bonds is 5. The lowest BCUT2D eigenvalue weighted by molar-refractivity contribution is 0.416. The predicted molar refractivity (Wildman–Crippen MR) is 83.2 cm³/mol. The first kappa shape index (κ1) is 14.4. The molecule has 108 valence electrons. The number of methoxy groups -OCH3 is 1. The highest BCUT2D eigenvalue weighted by atomic mass is 16.5. The van der Waals surface area contributed by atoms with Crippen LogP contribution in [0, 0.1) is 6.92 Å². The monoisotopic (exact) mass is 285 g/mol. The van der Waals surface area contributed by atoms with E-state index in [2.05, 4.69) is 33.8 Å². The fourth-order valence-corrected chi connectivity index (χ4v) is 1.98. The first-order valence-electron chi connectivity index (χ1n) is 6.09. The van der Waals surface area contributed by atoms with E-state index in [0.717, 1.165) is 11.1 Å². The minimum atomic E-state index is -0.246. The third-order valence-corrected chi connectivity index (χ3v) is 2.94. The molecule has 0 saturated carbocycles. The van der Waals surface area contributed by atoms with Crippen molar-refractivity contribution in [3.8, 4) is 17.0 Å². The second-order valence-electron chi connectivity index (χ2n) is 4.22.